The molecule has 1 unspecified atom stereocenters. The van der Waals surface area contributed by atoms with Gasteiger partial charge in [0.15, 0.2) is 0 Å². The molecular formula is C31H51N5O8. The van der Waals surface area contributed by atoms with Crippen LogP contribution in [0, 0.1) is 10.8 Å². The van der Waals surface area contributed by atoms with Crippen LogP contribution in [0.25, 0.3) is 0 Å². The third-order valence-corrected chi connectivity index (χ3v) is 6.59. The molecule has 1 aromatic carbocycles. The maximum Gasteiger partial charge on any atom is 0.326 e. The van der Waals surface area contributed by atoms with Crippen molar-refractivity contribution in [3.05, 3.63) is 29.8 Å². The molecule has 0 aromatic heterocycles. The van der Waals surface area contributed by atoms with Crippen molar-refractivity contribution in [2.75, 3.05) is 25.0 Å². The molecule has 0 aliphatic heterocycles. The van der Waals surface area contributed by atoms with E-state index in [1.54, 1.807) is 0 Å². The van der Waals surface area contributed by atoms with Gasteiger partial charge in [-0.25, -0.2) is 4.79 Å². The Labute approximate surface area is 260 Å². The number of hydrogen-bond donors (Lipinski definition) is 7. The fourth-order valence-corrected chi connectivity index (χ4v) is 4.11. The summed E-state index contributed by atoms with van der Waals surface area (Å²) in [5, 5.41) is 29.2. The molecule has 1 atom stereocenters. The molecule has 8 N–H and O–H groups in total. The van der Waals surface area contributed by atoms with Crippen molar-refractivity contribution < 1.29 is 39.0 Å². The maximum atomic E-state index is 12.4. The van der Waals surface area contributed by atoms with E-state index < -0.39 is 46.5 Å². The van der Waals surface area contributed by atoms with Gasteiger partial charge in [0.2, 0.25) is 17.7 Å². The van der Waals surface area contributed by atoms with E-state index in [0.29, 0.717) is 0 Å². The van der Waals surface area contributed by atoms with Gasteiger partial charge in [0.25, 0.3) is 5.91 Å². The summed E-state index contributed by atoms with van der Waals surface area (Å²) in [4.78, 5) is 68.9. The largest absolute Gasteiger partial charge is 0.481 e. The van der Waals surface area contributed by atoms with Crippen molar-refractivity contribution in [1.29, 1.82) is 0 Å². The first kappa shape index (κ1) is 39.8. The quantitative estimate of drug-likeness (QED) is 0.113. The summed E-state index contributed by atoms with van der Waals surface area (Å²) in [6.45, 7) is 11.6. The number of carbonyl (C=O) groups is 6. The number of benzene rings is 1. The van der Waals surface area contributed by atoms with Crippen LogP contribution in [-0.2, 0) is 24.0 Å². The van der Waals surface area contributed by atoms with Crippen LogP contribution in [0.2, 0.25) is 0 Å². The molecular weight excluding hydrogens is 570 g/mol. The number of aliphatic carboxylic acids is 2. The predicted molar refractivity (Wildman–Crippen MR) is 168 cm³/mol. The Kier molecular flexibility index (Phi) is 18.0. The fraction of sp³-hybridized carbons (Fsp3) is 0.613. The van der Waals surface area contributed by atoms with Crippen LogP contribution in [0.15, 0.2) is 24.3 Å². The summed E-state index contributed by atoms with van der Waals surface area (Å²) in [5.41, 5.74) is 4.38. The van der Waals surface area contributed by atoms with Gasteiger partial charge in [0, 0.05) is 36.2 Å². The number of anilines is 1. The summed E-state index contributed by atoms with van der Waals surface area (Å²) < 4.78 is 0. The second-order valence-electron chi connectivity index (χ2n) is 11.9. The molecule has 0 saturated carbocycles. The lowest BCUT2D eigenvalue weighted by Gasteiger charge is -2.32. The Morgan fingerprint density at radius 1 is 0.841 bits per heavy atom. The number of amides is 4. The highest BCUT2D eigenvalue weighted by Gasteiger charge is 2.40. The third kappa shape index (κ3) is 16.5. The number of carboxylic acids is 2. The zero-order chi connectivity index (χ0) is 33.9. The van der Waals surface area contributed by atoms with Gasteiger partial charge in [-0.2, -0.15) is 0 Å². The van der Waals surface area contributed by atoms with Crippen molar-refractivity contribution in [1.82, 2.24) is 16.0 Å². The average Bonchev–Trinajstić information content (AvgIpc) is 2.94. The molecule has 0 fully saturated rings. The van der Waals surface area contributed by atoms with Crippen LogP contribution in [0.5, 0.6) is 0 Å². The highest BCUT2D eigenvalue weighted by atomic mass is 16.4. The molecule has 248 valence electrons. The highest BCUT2D eigenvalue weighted by molar-refractivity contribution is 5.94. The zero-order valence-electron chi connectivity index (χ0n) is 26.9. The number of hydrogen-bond acceptors (Lipinski definition) is 7. The highest BCUT2D eigenvalue weighted by Crippen LogP contribution is 2.34. The fourth-order valence-electron chi connectivity index (χ4n) is 4.11. The number of unbranched alkanes of at least 4 members (excludes halogenated alkanes) is 2. The van der Waals surface area contributed by atoms with E-state index in [2.05, 4.69) is 35.1 Å². The van der Waals surface area contributed by atoms with Gasteiger partial charge >= 0.3 is 11.9 Å². The Balaban J connectivity index is 0.000000895. The molecule has 1 aromatic rings. The molecule has 1 rings (SSSR count). The van der Waals surface area contributed by atoms with Crippen molar-refractivity contribution in [2.24, 2.45) is 16.6 Å². The Bertz CT molecular complexity index is 1100. The van der Waals surface area contributed by atoms with Crippen molar-refractivity contribution in [3.63, 3.8) is 0 Å². The number of carbonyl (C=O) groups excluding carboxylic acids is 4. The Morgan fingerprint density at radius 3 is 1.95 bits per heavy atom. The lowest BCUT2D eigenvalue weighted by molar-refractivity contribution is -0.151. The number of nitrogens with two attached hydrogens (primary N) is 1. The lowest BCUT2D eigenvalue weighted by Crippen LogP contribution is -2.48. The molecule has 0 spiro atoms. The van der Waals surface area contributed by atoms with Crippen LogP contribution in [-0.4, -0.2) is 71.5 Å². The van der Waals surface area contributed by atoms with Gasteiger partial charge in [-0.3, -0.25) is 24.0 Å². The Morgan fingerprint density at radius 2 is 1.45 bits per heavy atom. The van der Waals surface area contributed by atoms with E-state index in [0.717, 1.165) is 37.2 Å². The number of rotatable bonds is 19. The normalized spacial score (nSPS) is 11.7. The molecule has 0 saturated heterocycles. The average molecular weight is 622 g/mol. The predicted octanol–water partition coefficient (Wildman–Crippen LogP) is 2.89. The second-order valence-corrected chi connectivity index (χ2v) is 11.9. The van der Waals surface area contributed by atoms with Gasteiger partial charge in [-0.15, -0.1) is 0 Å². The number of primary amides is 1. The summed E-state index contributed by atoms with van der Waals surface area (Å²) in [6.07, 6.45) is 4.06. The maximum absolute atomic E-state index is 12.4. The first-order valence-electron chi connectivity index (χ1n) is 14.9. The van der Waals surface area contributed by atoms with Gasteiger partial charge in [0.1, 0.15) is 6.04 Å². The van der Waals surface area contributed by atoms with Crippen LogP contribution >= 0.6 is 0 Å². The van der Waals surface area contributed by atoms with E-state index in [4.69, 9.17) is 5.73 Å². The van der Waals surface area contributed by atoms with Gasteiger partial charge < -0.3 is 37.2 Å². The van der Waals surface area contributed by atoms with Crippen LogP contribution < -0.4 is 27.0 Å². The van der Waals surface area contributed by atoms with Gasteiger partial charge in [-0.05, 0) is 63.8 Å². The molecule has 13 heteroatoms. The SMILES string of the molecule is CC(C)(CC(C)(C)C(=O)NC(CCC(=O)NCC(N)=O)C(=O)O)C(=O)O.CCCCCNC(=O)c1ccc(NCCC)cc1. The lowest BCUT2D eigenvalue weighted by atomic mass is 9.74. The molecule has 13 nitrogen and oxygen atoms in total. The van der Waals surface area contributed by atoms with E-state index in [9.17, 15) is 39.0 Å². The Hall–Kier alpha value is -4.16. The molecule has 44 heavy (non-hydrogen) atoms. The minimum absolute atomic E-state index is 0.00734. The first-order chi connectivity index (χ1) is 20.5. The molecule has 0 heterocycles. The van der Waals surface area contributed by atoms with Crippen LogP contribution in [0.4, 0.5) is 5.69 Å². The summed E-state index contributed by atoms with van der Waals surface area (Å²) >= 11 is 0. The minimum atomic E-state index is -1.32. The molecule has 0 bridgehead atoms. The van der Waals surface area contributed by atoms with Crippen molar-refractivity contribution in [3.8, 4) is 0 Å². The monoisotopic (exact) mass is 621 g/mol. The summed E-state index contributed by atoms with van der Waals surface area (Å²) in [7, 11) is 0. The smallest absolute Gasteiger partial charge is 0.326 e. The molecule has 4 amide bonds. The van der Waals surface area contributed by atoms with Gasteiger partial charge in [-0.1, -0.05) is 40.5 Å². The van der Waals surface area contributed by atoms with E-state index in [1.807, 2.05) is 24.3 Å². The summed E-state index contributed by atoms with van der Waals surface area (Å²) in [5.74, 6) is -4.31. The van der Waals surface area contributed by atoms with E-state index in [-0.39, 0.29) is 31.7 Å². The van der Waals surface area contributed by atoms with Crippen LogP contribution in [0.1, 0.15) is 96.8 Å². The summed E-state index contributed by atoms with van der Waals surface area (Å²) in [6, 6.07) is 6.32. The zero-order valence-corrected chi connectivity index (χ0v) is 26.9. The van der Waals surface area contributed by atoms with E-state index >= 15 is 0 Å². The minimum Gasteiger partial charge on any atom is -0.481 e. The van der Waals surface area contributed by atoms with E-state index in [1.165, 1.54) is 40.5 Å². The molecule has 0 radical (unpaired) electrons. The first-order valence-corrected chi connectivity index (χ1v) is 14.9. The van der Waals surface area contributed by atoms with Crippen molar-refractivity contribution >= 4 is 41.3 Å². The third-order valence-electron chi connectivity index (χ3n) is 6.59. The number of carboxylic acid groups (broad SMARTS) is 2. The molecule has 0 aliphatic carbocycles. The van der Waals surface area contributed by atoms with Crippen LogP contribution in [0.3, 0.4) is 0 Å². The van der Waals surface area contributed by atoms with Crippen molar-refractivity contribution in [2.45, 2.75) is 92.5 Å². The second kappa shape index (κ2) is 19.9. The number of nitrogens with one attached hydrogen (secondary N) is 4. The topological polar surface area (TPSA) is 217 Å². The van der Waals surface area contributed by atoms with Gasteiger partial charge in [0.05, 0.1) is 12.0 Å². The standard InChI is InChI=1S/C16H27N3O7.C15H24N2O/c1-15(2,8-16(3,4)14(25)26)13(24)19-9(12(22)23)5-6-11(21)18-7-10(17)20;1-3-5-6-12-17-15(18)13-7-9-14(10-8-13)16-11-4-2/h9H,5-8H2,1-4H3,(H2,17,20)(H,18,21)(H,19,24)(H,22,23)(H,25,26);7-10,16H,3-6,11-12H2,1-2H3,(H,17,18). The molecule has 0 aliphatic rings.